The number of sulfonamides is 1. The van der Waals surface area contributed by atoms with Crippen molar-refractivity contribution in [3.8, 4) is 0 Å². The van der Waals surface area contributed by atoms with E-state index in [1.807, 2.05) is 0 Å². The van der Waals surface area contributed by atoms with Crippen LogP contribution in [0.4, 0.5) is 23.0 Å². The molecule has 170 valence electrons. The van der Waals surface area contributed by atoms with Crippen LogP contribution in [0.2, 0.25) is 0 Å². The SMILES string of the molecule is O=C1CCC(=O)N1c1ccc(S(=O)(=O)NCCNc2ccc(Nc3ccncc3)nn2)cc1. The number of hydrogen-bond acceptors (Lipinski definition) is 9. The average molecular weight is 468 g/mol. The van der Waals surface area contributed by atoms with Gasteiger partial charge in [0, 0.05) is 44.0 Å². The van der Waals surface area contributed by atoms with E-state index in [1.165, 1.54) is 24.3 Å². The Hall–Kier alpha value is -3.90. The van der Waals surface area contributed by atoms with Gasteiger partial charge < -0.3 is 10.6 Å². The second-order valence-electron chi connectivity index (χ2n) is 7.11. The van der Waals surface area contributed by atoms with E-state index in [0.29, 0.717) is 23.9 Å². The minimum absolute atomic E-state index is 0.0386. The van der Waals surface area contributed by atoms with Crippen LogP contribution < -0.4 is 20.3 Å². The highest BCUT2D eigenvalue weighted by atomic mass is 32.2. The molecule has 1 fully saturated rings. The summed E-state index contributed by atoms with van der Waals surface area (Å²) in [4.78, 5) is 28.7. The van der Waals surface area contributed by atoms with Gasteiger partial charge in [-0.15, -0.1) is 10.2 Å². The molecule has 0 bridgehead atoms. The van der Waals surface area contributed by atoms with Gasteiger partial charge >= 0.3 is 0 Å². The van der Waals surface area contributed by atoms with Crippen LogP contribution in [-0.4, -0.2) is 48.5 Å². The van der Waals surface area contributed by atoms with E-state index in [2.05, 4.69) is 30.5 Å². The summed E-state index contributed by atoms with van der Waals surface area (Å²) >= 11 is 0. The minimum Gasteiger partial charge on any atom is -0.367 e. The zero-order chi connectivity index (χ0) is 23.3. The van der Waals surface area contributed by atoms with Crippen LogP contribution in [0.25, 0.3) is 0 Å². The molecule has 0 atom stereocenters. The molecule has 12 heteroatoms. The largest absolute Gasteiger partial charge is 0.367 e. The number of carbonyl (C=O) groups is 2. The summed E-state index contributed by atoms with van der Waals surface area (Å²) in [5, 5.41) is 14.2. The van der Waals surface area contributed by atoms with Gasteiger partial charge in [-0.05, 0) is 48.5 Å². The van der Waals surface area contributed by atoms with Crippen molar-refractivity contribution < 1.29 is 18.0 Å². The molecule has 0 radical (unpaired) electrons. The fourth-order valence-corrected chi connectivity index (χ4v) is 4.21. The van der Waals surface area contributed by atoms with Crippen LogP contribution >= 0.6 is 0 Å². The number of anilines is 4. The highest BCUT2D eigenvalue weighted by Crippen LogP contribution is 2.24. The van der Waals surface area contributed by atoms with Gasteiger partial charge in [0.1, 0.15) is 5.82 Å². The summed E-state index contributed by atoms with van der Waals surface area (Å²) in [5.74, 6) is 0.486. The number of nitrogens with one attached hydrogen (secondary N) is 3. The molecule has 0 spiro atoms. The number of benzene rings is 1. The van der Waals surface area contributed by atoms with Crippen molar-refractivity contribution in [3.63, 3.8) is 0 Å². The van der Waals surface area contributed by atoms with E-state index < -0.39 is 10.0 Å². The lowest BCUT2D eigenvalue weighted by Crippen LogP contribution is -2.30. The van der Waals surface area contributed by atoms with E-state index in [9.17, 15) is 18.0 Å². The van der Waals surface area contributed by atoms with Crippen molar-refractivity contribution in [2.45, 2.75) is 17.7 Å². The highest BCUT2D eigenvalue weighted by molar-refractivity contribution is 7.89. The molecular weight excluding hydrogens is 446 g/mol. The molecule has 11 nitrogen and oxygen atoms in total. The molecule has 0 unspecified atom stereocenters. The molecule has 1 aliphatic rings. The number of amides is 2. The summed E-state index contributed by atoms with van der Waals surface area (Å²) in [6.07, 6.45) is 3.66. The first-order valence-electron chi connectivity index (χ1n) is 10.1. The van der Waals surface area contributed by atoms with Crippen LogP contribution in [0.3, 0.4) is 0 Å². The van der Waals surface area contributed by atoms with Gasteiger partial charge in [0.15, 0.2) is 5.82 Å². The predicted molar refractivity (Wildman–Crippen MR) is 121 cm³/mol. The van der Waals surface area contributed by atoms with Gasteiger partial charge in [-0.3, -0.25) is 19.5 Å². The van der Waals surface area contributed by atoms with Crippen molar-refractivity contribution in [1.82, 2.24) is 19.9 Å². The number of aromatic nitrogens is 3. The Labute approximate surface area is 190 Å². The molecule has 1 saturated heterocycles. The van der Waals surface area contributed by atoms with Crippen LogP contribution in [0.15, 0.2) is 65.8 Å². The van der Waals surface area contributed by atoms with Crippen molar-refractivity contribution >= 4 is 44.8 Å². The summed E-state index contributed by atoms with van der Waals surface area (Å²) in [6.45, 7) is 0.409. The zero-order valence-corrected chi connectivity index (χ0v) is 18.2. The summed E-state index contributed by atoms with van der Waals surface area (Å²) in [6, 6.07) is 12.7. The molecular formula is C21H21N7O4S. The molecule has 2 amide bonds. The Morgan fingerprint density at radius 2 is 1.45 bits per heavy atom. The first kappa shape index (κ1) is 22.3. The summed E-state index contributed by atoms with van der Waals surface area (Å²) in [5.41, 5.74) is 1.20. The lowest BCUT2D eigenvalue weighted by Gasteiger charge is -2.14. The van der Waals surface area contributed by atoms with E-state index in [4.69, 9.17) is 0 Å². The fourth-order valence-electron chi connectivity index (χ4n) is 3.17. The first-order chi connectivity index (χ1) is 15.9. The molecule has 3 aromatic rings. The van der Waals surface area contributed by atoms with Gasteiger partial charge in [-0.1, -0.05) is 0 Å². The smallest absolute Gasteiger partial charge is 0.240 e. The van der Waals surface area contributed by atoms with E-state index >= 15 is 0 Å². The summed E-state index contributed by atoms with van der Waals surface area (Å²) in [7, 11) is -3.75. The second-order valence-corrected chi connectivity index (χ2v) is 8.87. The van der Waals surface area contributed by atoms with Crippen molar-refractivity contribution in [3.05, 3.63) is 60.9 Å². The molecule has 1 aliphatic heterocycles. The van der Waals surface area contributed by atoms with Gasteiger partial charge in [0.2, 0.25) is 21.8 Å². The third-order valence-corrected chi connectivity index (χ3v) is 6.27. The van der Waals surface area contributed by atoms with Crippen LogP contribution in [0, 0.1) is 0 Å². The fraction of sp³-hybridized carbons (Fsp3) is 0.190. The Morgan fingerprint density at radius 1 is 0.818 bits per heavy atom. The molecule has 3 heterocycles. The Balaban J connectivity index is 1.27. The highest BCUT2D eigenvalue weighted by Gasteiger charge is 2.30. The molecule has 2 aromatic heterocycles. The van der Waals surface area contributed by atoms with E-state index in [1.54, 1.807) is 36.7 Å². The third-order valence-electron chi connectivity index (χ3n) is 4.80. The second kappa shape index (κ2) is 9.71. The van der Waals surface area contributed by atoms with Crippen LogP contribution in [0.5, 0.6) is 0 Å². The molecule has 1 aromatic carbocycles. The topological polar surface area (TPSA) is 146 Å². The van der Waals surface area contributed by atoms with Crippen molar-refractivity contribution in [2.75, 3.05) is 28.6 Å². The normalized spacial score (nSPS) is 13.9. The maximum absolute atomic E-state index is 12.5. The first-order valence-corrected chi connectivity index (χ1v) is 11.6. The monoisotopic (exact) mass is 467 g/mol. The Kier molecular flexibility index (Phi) is 6.56. The quantitative estimate of drug-likeness (QED) is 0.316. The molecule has 3 N–H and O–H groups in total. The molecule has 0 aliphatic carbocycles. The number of hydrogen-bond donors (Lipinski definition) is 3. The maximum atomic E-state index is 12.5. The summed E-state index contributed by atoms with van der Waals surface area (Å²) < 4.78 is 27.5. The van der Waals surface area contributed by atoms with Gasteiger partial charge in [-0.2, -0.15) is 0 Å². The minimum atomic E-state index is -3.75. The number of rotatable bonds is 9. The van der Waals surface area contributed by atoms with E-state index in [0.717, 1.165) is 10.6 Å². The average Bonchev–Trinajstić information content (AvgIpc) is 3.16. The molecule has 33 heavy (non-hydrogen) atoms. The molecule has 4 rings (SSSR count). The van der Waals surface area contributed by atoms with Gasteiger partial charge in [-0.25, -0.2) is 13.1 Å². The standard InChI is InChI=1S/C21H21N7O4S/c29-20-7-8-21(30)28(20)16-1-3-17(4-2-16)33(31,32)24-14-13-23-18-5-6-19(27-26-18)25-15-9-11-22-12-10-15/h1-6,9-12,24H,7-8,13-14H2,(H,23,26)(H,22,25,27). The van der Waals surface area contributed by atoms with Crippen molar-refractivity contribution in [1.29, 1.82) is 0 Å². The molecule has 0 saturated carbocycles. The van der Waals surface area contributed by atoms with E-state index in [-0.39, 0.29) is 36.1 Å². The number of imide groups is 1. The third kappa shape index (κ3) is 5.48. The van der Waals surface area contributed by atoms with Crippen LogP contribution in [0.1, 0.15) is 12.8 Å². The van der Waals surface area contributed by atoms with Crippen LogP contribution in [-0.2, 0) is 19.6 Å². The Bertz CT molecular complexity index is 1220. The van der Waals surface area contributed by atoms with Gasteiger partial charge in [0.25, 0.3) is 0 Å². The number of pyridine rings is 1. The van der Waals surface area contributed by atoms with Crippen molar-refractivity contribution in [2.24, 2.45) is 0 Å². The lowest BCUT2D eigenvalue weighted by atomic mass is 10.3. The lowest BCUT2D eigenvalue weighted by molar-refractivity contribution is -0.121. The maximum Gasteiger partial charge on any atom is 0.240 e. The van der Waals surface area contributed by atoms with Gasteiger partial charge in [0.05, 0.1) is 10.6 Å². The zero-order valence-electron chi connectivity index (χ0n) is 17.4. The number of nitrogens with zero attached hydrogens (tertiary/aromatic N) is 4. The Morgan fingerprint density at radius 3 is 2.09 bits per heavy atom. The number of carbonyl (C=O) groups excluding carboxylic acids is 2. The predicted octanol–water partition coefficient (Wildman–Crippen LogP) is 1.66.